The Labute approximate surface area is 99.6 Å². The molecule has 84 valence electrons. The zero-order chi connectivity index (χ0) is 11.7. The predicted octanol–water partition coefficient (Wildman–Crippen LogP) is 4.05. The van der Waals surface area contributed by atoms with E-state index in [1.165, 1.54) is 0 Å². The Morgan fingerprint density at radius 1 is 1.50 bits per heavy atom. The van der Waals surface area contributed by atoms with E-state index >= 15 is 0 Å². The van der Waals surface area contributed by atoms with Gasteiger partial charge in [-0.05, 0) is 12.5 Å². The van der Waals surface area contributed by atoms with E-state index in [1.54, 1.807) is 6.20 Å². The van der Waals surface area contributed by atoms with Gasteiger partial charge in [-0.1, -0.05) is 37.6 Å². The fourth-order valence-corrected chi connectivity index (χ4v) is 2.00. The van der Waals surface area contributed by atoms with E-state index in [9.17, 15) is 4.79 Å². The van der Waals surface area contributed by atoms with Crippen molar-refractivity contribution >= 4 is 28.3 Å². The summed E-state index contributed by atoms with van der Waals surface area (Å²) in [6.45, 7) is 3.97. The van der Waals surface area contributed by atoms with Crippen molar-refractivity contribution in [2.75, 3.05) is 0 Å². The van der Waals surface area contributed by atoms with Crippen molar-refractivity contribution in [2.24, 2.45) is 5.92 Å². The number of fused-ring (bicyclic) bond motifs is 1. The fraction of sp³-hybridized carbons (Fsp3) is 0.308. The summed E-state index contributed by atoms with van der Waals surface area (Å²) in [5.74, 6) is 0.231. The van der Waals surface area contributed by atoms with Gasteiger partial charge >= 0.3 is 0 Å². The molecule has 0 aliphatic carbocycles. The van der Waals surface area contributed by atoms with Crippen molar-refractivity contribution in [1.82, 2.24) is 4.98 Å². The first kappa shape index (κ1) is 11.2. The molecule has 2 rings (SSSR count). The molecule has 0 amide bonds. The molecule has 0 aliphatic rings. The van der Waals surface area contributed by atoms with Gasteiger partial charge in [-0.15, -0.1) is 0 Å². The molecule has 3 heteroatoms. The highest BCUT2D eigenvalue weighted by Gasteiger charge is 2.17. The first-order valence-corrected chi connectivity index (χ1v) is 5.82. The topological polar surface area (TPSA) is 32.9 Å². The van der Waals surface area contributed by atoms with Gasteiger partial charge < -0.3 is 4.98 Å². The van der Waals surface area contributed by atoms with Crippen LogP contribution in [0.4, 0.5) is 0 Å². The van der Waals surface area contributed by atoms with Crippen LogP contribution in [0, 0.1) is 5.92 Å². The number of rotatable bonds is 3. The molecular formula is C13H14ClNO. The second-order valence-electron chi connectivity index (χ2n) is 4.04. The summed E-state index contributed by atoms with van der Waals surface area (Å²) in [5, 5.41) is 1.57. The van der Waals surface area contributed by atoms with Crippen LogP contribution < -0.4 is 0 Å². The Kier molecular flexibility index (Phi) is 3.01. The molecule has 1 heterocycles. The number of halogens is 1. The highest BCUT2D eigenvalue weighted by Crippen LogP contribution is 2.27. The summed E-state index contributed by atoms with van der Waals surface area (Å²) in [6.07, 6.45) is 2.61. The Bertz CT molecular complexity index is 530. The number of carbonyl (C=O) groups excluding carboxylic acids is 1. The number of nitrogens with one attached hydrogen (secondary N) is 1. The van der Waals surface area contributed by atoms with E-state index in [2.05, 4.69) is 4.98 Å². The second-order valence-corrected chi connectivity index (χ2v) is 4.45. The molecule has 1 aromatic heterocycles. The standard InChI is InChI=1S/C13H14ClNO/c1-3-8(2)13(16)10-7-15-12-9(10)5-4-6-11(12)14/h4-8,15H,3H2,1-2H3. The summed E-state index contributed by atoms with van der Waals surface area (Å²) in [6, 6.07) is 5.61. The minimum Gasteiger partial charge on any atom is -0.359 e. The summed E-state index contributed by atoms with van der Waals surface area (Å²) >= 11 is 6.05. The number of hydrogen-bond donors (Lipinski definition) is 1. The molecule has 0 radical (unpaired) electrons. The Hall–Kier alpha value is -1.28. The molecule has 0 fully saturated rings. The van der Waals surface area contributed by atoms with Gasteiger partial charge in [0.05, 0.1) is 10.5 Å². The van der Waals surface area contributed by atoms with Gasteiger partial charge in [-0.3, -0.25) is 4.79 Å². The molecule has 0 spiro atoms. The van der Waals surface area contributed by atoms with E-state index in [0.717, 1.165) is 22.9 Å². The molecule has 1 aromatic carbocycles. The van der Waals surface area contributed by atoms with E-state index < -0.39 is 0 Å². The van der Waals surface area contributed by atoms with Crippen molar-refractivity contribution in [3.63, 3.8) is 0 Å². The van der Waals surface area contributed by atoms with Crippen LogP contribution in [-0.4, -0.2) is 10.8 Å². The molecule has 0 saturated heterocycles. The van der Waals surface area contributed by atoms with Crippen LogP contribution in [0.1, 0.15) is 30.6 Å². The smallest absolute Gasteiger partial charge is 0.167 e. The summed E-state index contributed by atoms with van der Waals surface area (Å²) in [5.41, 5.74) is 1.59. The maximum absolute atomic E-state index is 12.1. The minimum absolute atomic E-state index is 0.0537. The number of Topliss-reactive ketones (excluding diaryl/α,β-unsaturated/α-hetero) is 1. The van der Waals surface area contributed by atoms with E-state index in [1.807, 2.05) is 32.0 Å². The second kappa shape index (κ2) is 4.30. The third kappa shape index (κ3) is 1.74. The molecule has 16 heavy (non-hydrogen) atoms. The van der Waals surface area contributed by atoms with E-state index in [4.69, 9.17) is 11.6 Å². The quantitative estimate of drug-likeness (QED) is 0.800. The average Bonchev–Trinajstić information content (AvgIpc) is 2.72. The largest absolute Gasteiger partial charge is 0.359 e. The lowest BCUT2D eigenvalue weighted by atomic mass is 9.97. The van der Waals surface area contributed by atoms with Gasteiger partial charge in [-0.2, -0.15) is 0 Å². The molecule has 0 saturated carbocycles. The van der Waals surface area contributed by atoms with Crippen molar-refractivity contribution in [2.45, 2.75) is 20.3 Å². The van der Waals surface area contributed by atoms with Crippen LogP contribution in [0.5, 0.6) is 0 Å². The fourth-order valence-electron chi connectivity index (χ4n) is 1.77. The zero-order valence-corrected chi connectivity index (χ0v) is 10.1. The lowest BCUT2D eigenvalue weighted by molar-refractivity contribution is 0.0929. The SMILES string of the molecule is CCC(C)C(=O)c1c[nH]c2c(Cl)cccc12. The molecular weight excluding hydrogens is 222 g/mol. The van der Waals surface area contributed by atoms with Crippen LogP contribution in [0.2, 0.25) is 5.02 Å². The highest BCUT2D eigenvalue weighted by atomic mass is 35.5. The van der Waals surface area contributed by atoms with Crippen molar-refractivity contribution < 1.29 is 4.79 Å². The Morgan fingerprint density at radius 3 is 2.94 bits per heavy atom. The Balaban J connectivity index is 2.54. The summed E-state index contributed by atoms with van der Waals surface area (Å²) < 4.78 is 0. The molecule has 1 atom stereocenters. The number of ketones is 1. The number of aromatic amines is 1. The number of hydrogen-bond acceptors (Lipinski definition) is 1. The van der Waals surface area contributed by atoms with Crippen molar-refractivity contribution in [1.29, 1.82) is 0 Å². The van der Waals surface area contributed by atoms with Gasteiger partial charge in [0.1, 0.15) is 0 Å². The summed E-state index contributed by atoms with van der Waals surface area (Å²) in [7, 11) is 0. The van der Waals surface area contributed by atoms with Gasteiger partial charge in [0.15, 0.2) is 5.78 Å². The lowest BCUT2D eigenvalue weighted by Crippen LogP contribution is -2.09. The van der Waals surface area contributed by atoms with Crippen molar-refractivity contribution in [3.8, 4) is 0 Å². The Morgan fingerprint density at radius 2 is 2.25 bits per heavy atom. The van der Waals surface area contributed by atoms with E-state index in [0.29, 0.717) is 5.02 Å². The van der Waals surface area contributed by atoms with Crippen LogP contribution >= 0.6 is 11.6 Å². The van der Waals surface area contributed by atoms with Crippen LogP contribution in [-0.2, 0) is 0 Å². The highest BCUT2D eigenvalue weighted by molar-refractivity contribution is 6.35. The van der Waals surface area contributed by atoms with Gasteiger partial charge in [-0.25, -0.2) is 0 Å². The normalized spacial score (nSPS) is 12.9. The number of benzene rings is 1. The maximum Gasteiger partial charge on any atom is 0.167 e. The molecule has 2 nitrogen and oxygen atoms in total. The minimum atomic E-state index is 0.0537. The van der Waals surface area contributed by atoms with Crippen LogP contribution in [0.3, 0.4) is 0 Å². The van der Waals surface area contributed by atoms with Crippen LogP contribution in [0.25, 0.3) is 10.9 Å². The average molecular weight is 236 g/mol. The van der Waals surface area contributed by atoms with Gasteiger partial charge in [0.25, 0.3) is 0 Å². The molecule has 0 bridgehead atoms. The lowest BCUT2D eigenvalue weighted by Gasteiger charge is -2.05. The third-order valence-electron chi connectivity index (χ3n) is 2.99. The first-order valence-electron chi connectivity index (χ1n) is 5.45. The third-order valence-corrected chi connectivity index (χ3v) is 3.31. The molecule has 1 unspecified atom stereocenters. The number of aromatic nitrogens is 1. The summed E-state index contributed by atoms with van der Waals surface area (Å²) in [4.78, 5) is 15.2. The number of H-pyrrole nitrogens is 1. The van der Waals surface area contributed by atoms with E-state index in [-0.39, 0.29) is 11.7 Å². The molecule has 0 aliphatic heterocycles. The van der Waals surface area contributed by atoms with Crippen LogP contribution in [0.15, 0.2) is 24.4 Å². The molecule has 2 aromatic rings. The first-order chi connectivity index (χ1) is 7.65. The maximum atomic E-state index is 12.1. The van der Waals surface area contributed by atoms with Gasteiger partial charge in [0.2, 0.25) is 0 Å². The monoisotopic (exact) mass is 235 g/mol. The van der Waals surface area contributed by atoms with Gasteiger partial charge in [0, 0.05) is 23.1 Å². The number of para-hydroxylation sites is 1. The number of carbonyl (C=O) groups is 1. The molecule has 1 N–H and O–H groups in total. The zero-order valence-electron chi connectivity index (χ0n) is 9.38. The predicted molar refractivity (Wildman–Crippen MR) is 67.1 cm³/mol. The van der Waals surface area contributed by atoms with Crippen molar-refractivity contribution in [3.05, 3.63) is 35.0 Å².